The minimum absolute atomic E-state index is 0.0785. The Morgan fingerprint density at radius 3 is 2.65 bits per heavy atom. The van der Waals surface area contributed by atoms with Crippen LogP contribution in [0.4, 0.5) is 0 Å². The number of carbonyl (C=O) groups is 2. The zero-order valence-electron chi connectivity index (χ0n) is 17.8. The summed E-state index contributed by atoms with van der Waals surface area (Å²) in [6, 6.07) is 1.76. The lowest BCUT2D eigenvalue weighted by Crippen LogP contribution is -2.43. The number of aromatic nitrogens is 4. The highest BCUT2D eigenvalue weighted by molar-refractivity contribution is 5.95. The fraction of sp³-hybridized carbons (Fsp3) is 0.545. The van der Waals surface area contributed by atoms with E-state index in [4.69, 9.17) is 4.74 Å². The fourth-order valence-electron chi connectivity index (χ4n) is 4.24. The van der Waals surface area contributed by atoms with Crippen LogP contribution in [0.1, 0.15) is 59.2 Å². The third-order valence-electron chi connectivity index (χ3n) is 6.02. The van der Waals surface area contributed by atoms with Gasteiger partial charge in [-0.25, -0.2) is 19.9 Å². The topological polar surface area (TPSA) is 110 Å². The van der Waals surface area contributed by atoms with E-state index in [2.05, 4.69) is 25.3 Å². The molecule has 0 saturated carbocycles. The number of hydrogen-bond donors (Lipinski definition) is 1. The van der Waals surface area contributed by atoms with Gasteiger partial charge in [0.25, 0.3) is 5.91 Å². The van der Waals surface area contributed by atoms with Crippen molar-refractivity contribution < 1.29 is 14.3 Å². The van der Waals surface area contributed by atoms with Gasteiger partial charge in [-0.2, -0.15) is 0 Å². The molecule has 0 bridgehead atoms. The van der Waals surface area contributed by atoms with Gasteiger partial charge in [0.15, 0.2) is 0 Å². The van der Waals surface area contributed by atoms with Crippen LogP contribution in [0.3, 0.4) is 0 Å². The van der Waals surface area contributed by atoms with Crippen LogP contribution in [0, 0.1) is 12.8 Å². The quantitative estimate of drug-likeness (QED) is 0.777. The number of amides is 2. The molecular weight excluding hydrogens is 396 g/mol. The molecule has 2 fully saturated rings. The summed E-state index contributed by atoms with van der Waals surface area (Å²) in [5.74, 6) is 0.871. The summed E-state index contributed by atoms with van der Waals surface area (Å²) < 4.78 is 5.38. The number of rotatable bonds is 5. The number of ether oxygens (including phenoxy) is 1. The predicted octanol–water partition coefficient (Wildman–Crippen LogP) is 1.64. The summed E-state index contributed by atoms with van der Waals surface area (Å²) in [7, 11) is 0. The Bertz CT molecular complexity index is 909. The van der Waals surface area contributed by atoms with Gasteiger partial charge in [0, 0.05) is 50.5 Å². The third-order valence-corrected chi connectivity index (χ3v) is 6.02. The van der Waals surface area contributed by atoms with Crippen LogP contribution >= 0.6 is 0 Å². The standard InChI is InChI=1S/C22H28N6O3/c1-15-24-13-19(21(29)25-12-18-2-7-23-14-26-18)20(27-15)16-3-8-28(9-4-16)22(30)17-5-10-31-11-6-17/h2,7,13-14,16-17H,3-6,8-12H2,1H3,(H,25,29). The van der Waals surface area contributed by atoms with Gasteiger partial charge < -0.3 is 15.0 Å². The van der Waals surface area contributed by atoms with E-state index < -0.39 is 0 Å². The number of nitrogens with zero attached hydrogens (tertiary/aromatic N) is 5. The smallest absolute Gasteiger partial charge is 0.255 e. The van der Waals surface area contributed by atoms with Crippen LogP contribution in [0.5, 0.6) is 0 Å². The second-order valence-electron chi connectivity index (χ2n) is 8.09. The summed E-state index contributed by atoms with van der Waals surface area (Å²) in [6.07, 6.45) is 7.89. The number of carbonyl (C=O) groups excluding carboxylic acids is 2. The first kappa shape index (κ1) is 21.3. The van der Waals surface area contributed by atoms with Gasteiger partial charge in [0.1, 0.15) is 12.2 Å². The molecule has 2 aromatic rings. The molecule has 0 aliphatic carbocycles. The van der Waals surface area contributed by atoms with Gasteiger partial charge in [0.2, 0.25) is 5.91 Å². The van der Waals surface area contributed by atoms with Gasteiger partial charge >= 0.3 is 0 Å². The average Bonchev–Trinajstić information content (AvgIpc) is 2.83. The normalized spacial score (nSPS) is 18.0. The molecule has 31 heavy (non-hydrogen) atoms. The first-order valence-electron chi connectivity index (χ1n) is 10.8. The van der Waals surface area contributed by atoms with E-state index >= 15 is 0 Å². The average molecular weight is 425 g/mol. The highest BCUT2D eigenvalue weighted by atomic mass is 16.5. The number of hydrogen-bond acceptors (Lipinski definition) is 7. The summed E-state index contributed by atoms with van der Waals surface area (Å²) in [4.78, 5) is 44.5. The molecule has 4 rings (SSSR count). The Hall–Kier alpha value is -2.94. The lowest BCUT2D eigenvalue weighted by Gasteiger charge is -2.35. The van der Waals surface area contributed by atoms with Crippen LogP contribution in [0.15, 0.2) is 24.8 Å². The van der Waals surface area contributed by atoms with E-state index in [1.807, 2.05) is 11.8 Å². The Morgan fingerprint density at radius 2 is 1.94 bits per heavy atom. The predicted molar refractivity (Wildman–Crippen MR) is 112 cm³/mol. The Labute approximate surface area is 181 Å². The zero-order chi connectivity index (χ0) is 21.6. The van der Waals surface area contributed by atoms with Crippen molar-refractivity contribution in [3.8, 4) is 0 Å². The lowest BCUT2D eigenvalue weighted by atomic mass is 9.89. The molecular formula is C22H28N6O3. The molecule has 9 heteroatoms. The SMILES string of the molecule is Cc1ncc(C(=O)NCc2ccncn2)c(C2CCN(C(=O)C3CCOCC3)CC2)n1. The van der Waals surface area contributed by atoms with Crippen molar-refractivity contribution in [3.05, 3.63) is 47.6 Å². The van der Waals surface area contributed by atoms with Crippen molar-refractivity contribution in [3.63, 3.8) is 0 Å². The molecule has 0 spiro atoms. The number of piperidine rings is 1. The van der Waals surface area contributed by atoms with Crippen molar-refractivity contribution in [2.75, 3.05) is 26.3 Å². The van der Waals surface area contributed by atoms with Crippen LogP contribution in [-0.4, -0.2) is 63.0 Å². The van der Waals surface area contributed by atoms with Crippen LogP contribution < -0.4 is 5.32 Å². The molecule has 0 aromatic carbocycles. The molecule has 2 aromatic heterocycles. The molecule has 0 radical (unpaired) electrons. The van der Waals surface area contributed by atoms with Crippen LogP contribution in [0.25, 0.3) is 0 Å². The first-order chi connectivity index (χ1) is 15.1. The molecule has 4 heterocycles. The Balaban J connectivity index is 1.40. The second kappa shape index (κ2) is 9.91. The van der Waals surface area contributed by atoms with Gasteiger partial charge in [0.05, 0.1) is 23.5 Å². The van der Waals surface area contributed by atoms with E-state index in [1.165, 1.54) is 6.33 Å². The minimum atomic E-state index is -0.214. The van der Waals surface area contributed by atoms with Crippen molar-refractivity contribution >= 4 is 11.8 Å². The largest absolute Gasteiger partial charge is 0.381 e. The molecule has 0 unspecified atom stereocenters. The van der Waals surface area contributed by atoms with Crippen molar-refractivity contribution in [1.29, 1.82) is 0 Å². The van der Waals surface area contributed by atoms with Crippen molar-refractivity contribution in [1.82, 2.24) is 30.2 Å². The maximum absolute atomic E-state index is 12.9. The van der Waals surface area contributed by atoms with E-state index in [9.17, 15) is 9.59 Å². The van der Waals surface area contributed by atoms with Gasteiger partial charge in [-0.3, -0.25) is 9.59 Å². The van der Waals surface area contributed by atoms with Gasteiger partial charge in [-0.15, -0.1) is 0 Å². The zero-order valence-corrected chi connectivity index (χ0v) is 17.8. The second-order valence-corrected chi connectivity index (χ2v) is 8.09. The summed E-state index contributed by atoms with van der Waals surface area (Å²) >= 11 is 0. The Morgan fingerprint density at radius 1 is 1.16 bits per heavy atom. The van der Waals surface area contributed by atoms with Crippen LogP contribution in [-0.2, 0) is 16.1 Å². The first-order valence-corrected chi connectivity index (χ1v) is 10.8. The van der Waals surface area contributed by atoms with Crippen molar-refractivity contribution in [2.24, 2.45) is 5.92 Å². The van der Waals surface area contributed by atoms with Gasteiger partial charge in [-0.05, 0) is 38.7 Å². The minimum Gasteiger partial charge on any atom is -0.381 e. The van der Waals surface area contributed by atoms with Crippen molar-refractivity contribution in [2.45, 2.75) is 45.1 Å². The Kier molecular flexibility index (Phi) is 6.81. The number of nitrogens with one attached hydrogen (secondary N) is 1. The maximum Gasteiger partial charge on any atom is 0.255 e. The molecule has 164 valence electrons. The number of likely N-dealkylation sites (tertiary alicyclic amines) is 1. The van der Waals surface area contributed by atoms with E-state index in [0.29, 0.717) is 44.2 Å². The molecule has 2 aliphatic rings. The van der Waals surface area contributed by atoms with E-state index in [-0.39, 0.29) is 23.7 Å². The summed E-state index contributed by atoms with van der Waals surface area (Å²) in [6.45, 7) is 4.85. The summed E-state index contributed by atoms with van der Waals surface area (Å²) in [5, 5.41) is 2.90. The van der Waals surface area contributed by atoms with E-state index in [0.717, 1.165) is 37.1 Å². The number of aryl methyl sites for hydroxylation is 1. The summed E-state index contributed by atoms with van der Waals surface area (Å²) in [5.41, 5.74) is 2.00. The highest BCUT2D eigenvalue weighted by Crippen LogP contribution is 2.30. The maximum atomic E-state index is 12.9. The molecule has 2 saturated heterocycles. The van der Waals surface area contributed by atoms with Gasteiger partial charge in [-0.1, -0.05) is 0 Å². The third kappa shape index (κ3) is 5.22. The molecule has 0 atom stereocenters. The molecule has 2 amide bonds. The molecule has 1 N–H and O–H groups in total. The molecule has 9 nitrogen and oxygen atoms in total. The fourth-order valence-corrected chi connectivity index (χ4v) is 4.24. The van der Waals surface area contributed by atoms with E-state index in [1.54, 1.807) is 18.5 Å². The highest BCUT2D eigenvalue weighted by Gasteiger charge is 2.31. The lowest BCUT2D eigenvalue weighted by molar-refractivity contribution is -0.139. The molecule has 2 aliphatic heterocycles. The van der Waals surface area contributed by atoms with Crippen LogP contribution in [0.2, 0.25) is 0 Å². The monoisotopic (exact) mass is 424 g/mol.